The molecule has 0 aromatic heterocycles. The van der Waals surface area contributed by atoms with Crippen molar-refractivity contribution in [3.8, 4) is 0 Å². The van der Waals surface area contributed by atoms with Crippen LogP contribution in [0.1, 0.15) is 46.5 Å². The van der Waals surface area contributed by atoms with Crippen LogP contribution in [0, 0.1) is 5.92 Å². The van der Waals surface area contributed by atoms with Crippen LogP contribution in [0.2, 0.25) is 0 Å². The Morgan fingerprint density at radius 2 is 1.76 bits per heavy atom. The zero-order chi connectivity index (χ0) is 12.9. The quantitative estimate of drug-likeness (QED) is 0.536. The predicted octanol–water partition coefficient (Wildman–Crippen LogP) is 2.84. The predicted molar refractivity (Wildman–Crippen MR) is 73.5 cm³/mol. The maximum Gasteiger partial charge on any atom is 0.0700 e. The first kappa shape index (κ1) is 16.9. The van der Waals surface area contributed by atoms with E-state index in [2.05, 4.69) is 26.1 Å². The van der Waals surface area contributed by atoms with Gasteiger partial charge in [0.15, 0.2) is 0 Å². The van der Waals surface area contributed by atoms with Crippen molar-refractivity contribution in [2.24, 2.45) is 5.92 Å². The van der Waals surface area contributed by atoms with E-state index < -0.39 is 0 Å². The van der Waals surface area contributed by atoms with Crippen LogP contribution in [0.25, 0.3) is 0 Å². The highest BCUT2D eigenvalue weighted by Gasteiger charge is 2.08. The topological polar surface area (TPSA) is 30.5 Å². The van der Waals surface area contributed by atoms with Crippen molar-refractivity contribution in [3.05, 3.63) is 0 Å². The van der Waals surface area contributed by atoms with Gasteiger partial charge in [-0.3, -0.25) is 0 Å². The summed E-state index contributed by atoms with van der Waals surface area (Å²) in [7, 11) is 1.71. The van der Waals surface area contributed by atoms with Gasteiger partial charge in [0.25, 0.3) is 0 Å². The molecule has 1 N–H and O–H groups in total. The first-order valence-corrected chi connectivity index (χ1v) is 7.00. The van der Waals surface area contributed by atoms with Crippen LogP contribution in [0.5, 0.6) is 0 Å². The molecule has 0 rings (SSSR count). The fourth-order valence-corrected chi connectivity index (χ4v) is 1.70. The summed E-state index contributed by atoms with van der Waals surface area (Å²) < 4.78 is 10.5. The first-order valence-electron chi connectivity index (χ1n) is 7.00. The van der Waals surface area contributed by atoms with E-state index in [0.29, 0.717) is 19.3 Å². The van der Waals surface area contributed by atoms with Crippen molar-refractivity contribution in [1.29, 1.82) is 0 Å². The van der Waals surface area contributed by atoms with Crippen LogP contribution >= 0.6 is 0 Å². The second-order valence-electron chi connectivity index (χ2n) is 5.02. The minimum atomic E-state index is 0.611. The number of rotatable bonds is 12. The molecule has 0 saturated carbocycles. The molecule has 17 heavy (non-hydrogen) atoms. The molecule has 104 valence electrons. The number of hydrogen-bond acceptors (Lipinski definition) is 3. The van der Waals surface area contributed by atoms with E-state index in [0.717, 1.165) is 25.5 Å². The Bertz CT molecular complexity index is 151. The Hall–Kier alpha value is -0.120. The molecule has 0 saturated heterocycles. The van der Waals surface area contributed by atoms with Crippen molar-refractivity contribution in [1.82, 2.24) is 5.32 Å². The van der Waals surface area contributed by atoms with Crippen molar-refractivity contribution in [2.45, 2.75) is 52.5 Å². The largest absolute Gasteiger partial charge is 0.382 e. The Kier molecular flexibility index (Phi) is 12.3. The fourth-order valence-electron chi connectivity index (χ4n) is 1.70. The molecule has 0 aliphatic heterocycles. The van der Waals surface area contributed by atoms with E-state index in [1.165, 1.54) is 19.3 Å². The third-order valence-corrected chi connectivity index (χ3v) is 2.82. The van der Waals surface area contributed by atoms with Crippen LogP contribution in [-0.4, -0.2) is 39.5 Å². The highest BCUT2D eigenvalue weighted by Crippen LogP contribution is 2.09. The Labute approximate surface area is 107 Å². The summed E-state index contributed by atoms with van der Waals surface area (Å²) in [6, 6.07) is 0.611. The number of hydrogen-bond donors (Lipinski definition) is 1. The maximum atomic E-state index is 5.53. The van der Waals surface area contributed by atoms with Crippen LogP contribution in [-0.2, 0) is 9.47 Å². The van der Waals surface area contributed by atoms with Crippen LogP contribution in [0.3, 0.4) is 0 Å². The molecular weight excluding hydrogens is 214 g/mol. The van der Waals surface area contributed by atoms with E-state index in [4.69, 9.17) is 9.47 Å². The average Bonchev–Trinajstić information content (AvgIpc) is 2.31. The molecule has 3 heteroatoms. The fraction of sp³-hybridized carbons (Fsp3) is 1.00. The Morgan fingerprint density at radius 3 is 2.35 bits per heavy atom. The van der Waals surface area contributed by atoms with Crippen molar-refractivity contribution >= 4 is 0 Å². The lowest BCUT2D eigenvalue weighted by atomic mass is 10.0. The summed E-state index contributed by atoms with van der Waals surface area (Å²) in [5, 5.41) is 3.60. The lowest BCUT2D eigenvalue weighted by Gasteiger charge is -2.19. The third kappa shape index (κ3) is 12.1. The Morgan fingerprint density at radius 1 is 1.00 bits per heavy atom. The Balaban J connectivity index is 3.61. The normalized spacial score (nSPS) is 13.2. The summed E-state index contributed by atoms with van der Waals surface area (Å²) in [5.74, 6) is 0.787. The zero-order valence-electron chi connectivity index (χ0n) is 12.1. The molecule has 0 aromatic carbocycles. The summed E-state index contributed by atoms with van der Waals surface area (Å²) in [6.07, 6.45) is 4.85. The lowest BCUT2D eigenvalue weighted by Crippen LogP contribution is -2.31. The molecule has 0 aliphatic carbocycles. The van der Waals surface area contributed by atoms with Gasteiger partial charge in [-0.2, -0.15) is 0 Å². The molecule has 0 bridgehead atoms. The van der Waals surface area contributed by atoms with Gasteiger partial charge >= 0.3 is 0 Å². The molecular formula is C14H31NO2. The summed E-state index contributed by atoms with van der Waals surface area (Å²) in [6.45, 7) is 10.1. The monoisotopic (exact) mass is 245 g/mol. The van der Waals surface area contributed by atoms with E-state index >= 15 is 0 Å². The second-order valence-corrected chi connectivity index (χ2v) is 5.02. The summed E-state index contributed by atoms with van der Waals surface area (Å²) >= 11 is 0. The van der Waals surface area contributed by atoms with Crippen LogP contribution in [0.15, 0.2) is 0 Å². The van der Waals surface area contributed by atoms with Crippen molar-refractivity contribution in [3.63, 3.8) is 0 Å². The minimum Gasteiger partial charge on any atom is -0.382 e. The van der Waals surface area contributed by atoms with Crippen LogP contribution in [0.4, 0.5) is 0 Å². The molecule has 0 amide bonds. The zero-order valence-corrected chi connectivity index (χ0v) is 12.1. The molecule has 0 fully saturated rings. The molecule has 1 unspecified atom stereocenters. The molecule has 0 aromatic rings. The smallest absolute Gasteiger partial charge is 0.0700 e. The van der Waals surface area contributed by atoms with E-state index in [9.17, 15) is 0 Å². The molecule has 0 spiro atoms. The molecule has 3 nitrogen and oxygen atoms in total. The van der Waals surface area contributed by atoms with Gasteiger partial charge in [-0.05, 0) is 38.1 Å². The highest BCUT2D eigenvalue weighted by atomic mass is 16.5. The lowest BCUT2D eigenvalue weighted by molar-refractivity contribution is 0.0652. The van der Waals surface area contributed by atoms with Gasteiger partial charge in [0.2, 0.25) is 0 Å². The van der Waals surface area contributed by atoms with Crippen LogP contribution < -0.4 is 5.32 Å². The standard InChI is InChI=1S/C14H31NO2/c1-5-9-15-14(7-6-13(2)3)8-10-17-12-11-16-4/h13-15H,5-12H2,1-4H3. The minimum absolute atomic E-state index is 0.611. The van der Waals surface area contributed by atoms with Crippen molar-refractivity contribution in [2.75, 3.05) is 33.5 Å². The maximum absolute atomic E-state index is 5.53. The average molecular weight is 245 g/mol. The second kappa shape index (κ2) is 12.3. The first-order chi connectivity index (χ1) is 8.20. The van der Waals surface area contributed by atoms with E-state index in [-0.39, 0.29) is 0 Å². The van der Waals surface area contributed by atoms with E-state index in [1.54, 1.807) is 7.11 Å². The van der Waals surface area contributed by atoms with Crippen molar-refractivity contribution < 1.29 is 9.47 Å². The SMILES string of the molecule is CCCNC(CCOCCOC)CCC(C)C. The highest BCUT2D eigenvalue weighted by molar-refractivity contribution is 4.67. The van der Waals surface area contributed by atoms with Gasteiger partial charge in [0.05, 0.1) is 13.2 Å². The molecule has 1 atom stereocenters. The van der Waals surface area contributed by atoms with Gasteiger partial charge in [0.1, 0.15) is 0 Å². The van der Waals surface area contributed by atoms with Gasteiger partial charge < -0.3 is 14.8 Å². The summed E-state index contributed by atoms with van der Waals surface area (Å²) in [5.41, 5.74) is 0. The molecule has 0 aliphatic rings. The van der Waals surface area contributed by atoms with Gasteiger partial charge in [0, 0.05) is 19.8 Å². The number of nitrogens with one attached hydrogen (secondary N) is 1. The molecule has 0 heterocycles. The number of ether oxygens (including phenoxy) is 2. The molecule has 0 radical (unpaired) electrons. The van der Waals surface area contributed by atoms with Gasteiger partial charge in [-0.15, -0.1) is 0 Å². The van der Waals surface area contributed by atoms with Gasteiger partial charge in [-0.1, -0.05) is 20.8 Å². The van der Waals surface area contributed by atoms with Gasteiger partial charge in [-0.25, -0.2) is 0 Å². The van der Waals surface area contributed by atoms with E-state index in [1.807, 2.05) is 0 Å². The number of methoxy groups -OCH3 is 1. The third-order valence-electron chi connectivity index (χ3n) is 2.82. The summed E-state index contributed by atoms with van der Waals surface area (Å²) in [4.78, 5) is 0.